The molecule has 1 atom stereocenters. The minimum absolute atomic E-state index is 0.139. The van der Waals surface area contributed by atoms with E-state index in [4.69, 9.17) is 14.2 Å². The maximum absolute atomic E-state index is 14.7. The second-order valence-electron chi connectivity index (χ2n) is 6.60. The van der Waals surface area contributed by atoms with Gasteiger partial charge in [0.05, 0.1) is 6.61 Å². The Balaban J connectivity index is 1.45. The second-order valence-corrected chi connectivity index (χ2v) is 6.60. The highest BCUT2D eigenvalue weighted by Gasteiger charge is 2.69. The van der Waals surface area contributed by atoms with Crippen molar-refractivity contribution in [2.45, 2.75) is 18.3 Å². The molecule has 0 amide bonds. The maximum Gasteiger partial charge on any atom is 0.434 e. The molecule has 0 saturated carbocycles. The summed E-state index contributed by atoms with van der Waals surface area (Å²) in [5.74, 6) is -1.64. The molecule has 7 heteroatoms. The summed E-state index contributed by atoms with van der Waals surface area (Å²) in [6.45, 7) is -0.112. The van der Waals surface area contributed by atoms with Crippen molar-refractivity contribution in [3.63, 3.8) is 0 Å². The average Bonchev–Trinajstić information content (AvgIpc) is 3.50. The molecular weight excluding hydrogens is 388 g/mol. The summed E-state index contributed by atoms with van der Waals surface area (Å²) in [6.07, 6.45) is -3.86. The van der Waals surface area contributed by atoms with E-state index in [9.17, 15) is 17.6 Å². The Morgan fingerprint density at radius 1 is 0.897 bits per heavy atom. The molecule has 3 aromatic carbocycles. The lowest BCUT2D eigenvalue weighted by atomic mass is 9.98. The van der Waals surface area contributed by atoms with E-state index in [1.807, 2.05) is 30.3 Å². The smallest absolute Gasteiger partial charge is 0.434 e. The topological polar surface area (TPSA) is 31.0 Å². The highest BCUT2D eigenvalue weighted by atomic mass is 19.3. The predicted octanol–water partition coefficient (Wildman–Crippen LogP) is 5.44. The van der Waals surface area contributed by atoms with Crippen LogP contribution in [0.3, 0.4) is 0 Å². The Bertz CT molecular complexity index is 987. The minimum atomic E-state index is -3.86. The first kappa shape index (κ1) is 19.3. The molecule has 1 saturated heterocycles. The van der Waals surface area contributed by atoms with Crippen LogP contribution in [0, 0.1) is 11.6 Å². The Morgan fingerprint density at radius 2 is 1.55 bits per heavy atom. The summed E-state index contributed by atoms with van der Waals surface area (Å²) in [7, 11) is 0. The van der Waals surface area contributed by atoms with Crippen LogP contribution in [0.2, 0.25) is 0 Å². The van der Waals surface area contributed by atoms with E-state index in [2.05, 4.69) is 0 Å². The van der Waals surface area contributed by atoms with Crippen LogP contribution in [-0.2, 0) is 16.9 Å². The molecule has 1 heterocycles. The van der Waals surface area contributed by atoms with Gasteiger partial charge in [-0.05, 0) is 42.0 Å². The zero-order valence-electron chi connectivity index (χ0n) is 15.1. The predicted molar refractivity (Wildman–Crippen MR) is 96.8 cm³/mol. The molecule has 1 fully saturated rings. The van der Waals surface area contributed by atoms with Crippen molar-refractivity contribution >= 4 is 0 Å². The van der Waals surface area contributed by atoms with Crippen LogP contribution in [0.4, 0.5) is 17.6 Å². The van der Waals surface area contributed by atoms with Gasteiger partial charge in [0.25, 0.3) is 0 Å². The van der Waals surface area contributed by atoms with E-state index < -0.39 is 35.5 Å². The zero-order valence-corrected chi connectivity index (χ0v) is 15.1. The molecular formula is C22H16F4O3. The molecule has 1 aliphatic rings. The van der Waals surface area contributed by atoms with Crippen molar-refractivity contribution in [1.29, 1.82) is 0 Å². The van der Waals surface area contributed by atoms with Crippen molar-refractivity contribution in [3.8, 4) is 11.5 Å². The Hall–Kier alpha value is -3.06. The van der Waals surface area contributed by atoms with Crippen molar-refractivity contribution in [1.82, 2.24) is 0 Å². The molecule has 1 unspecified atom stereocenters. The molecule has 0 bridgehead atoms. The number of ether oxygens (including phenoxy) is 3. The maximum atomic E-state index is 14.7. The van der Waals surface area contributed by atoms with Crippen LogP contribution in [0.15, 0.2) is 72.8 Å². The van der Waals surface area contributed by atoms with Gasteiger partial charge in [-0.2, -0.15) is 8.78 Å². The lowest BCUT2D eigenvalue weighted by molar-refractivity contribution is -0.227. The Morgan fingerprint density at radius 3 is 2.17 bits per heavy atom. The normalized spacial score (nSPS) is 18.3. The van der Waals surface area contributed by atoms with Gasteiger partial charge >= 0.3 is 6.11 Å². The third kappa shape index (κ3) is 3.91. The lowest BCUT2D eigenvalue weighted by Gasteiger charge is -2.25. The molecule has 0 aliphatic carbocycles. The van der Waals surface area contributed by atoms with Crippen molar-refractivity contribution in [2.24, 2.45) is 0 Å². The van der Waals surface area contributed by atoms with Gasteiger partial charge in [-0.1, -0.05) is 30.3 Å². The van der Waals surface area contributed by atoms with E-state index in [0.29, 0.717) is 18.4 Å². The SMILES string of the molecule is Fc1ccc(C2(C(F)(F)Oc3ccc(OCc4ccccc4)cc3)CO2)c(F)c1. The minimum Gasteiger partial charge on any atom is -0.489 e. The van der Waals surface area contributed by atoms with Crippen molar-refractivity contribution < 1.29 is 31.8 Å². The fourth-order valence-electron chi connectivity index (χ4n) is 2.94. The number of alkyl halides is 2. The quantitative estimate of drug-likeness (QED) is 0.388. The van der Waals surface area contributed by atoms with Crippen LogP contribution < -0.4 is 9.47 Å². The molecule has 0 spiro atoms. The summed E-state index contributed by atoms with van der Waals surface area (Å²) in [5.41, 5.74) is -1.77. The summed E-state index contributed by atoms with van der Waals surface area (Å²) in [6, 6.07) is 17.5. The van der Waals surface area contributed by atoms with Gasteiger partial charge in [0.1, 0.15) is 29.7 Å². The lowest BCUT2D eigenvalue weighted by Crippen LogP contribution is -2.41. The largest absolute Gasteiger partial charge is 0.489 e. The van der Waals surface area contributed by atoms with E-state index in [-0.39, 0.29) is 5.75 Å². The van der Waals surface area contributed by atoms with Gasteiger partial charge in [-0.3, -0.25) is 0 Å². The first-order valence-electron chi connectivity index (χ1n) is 8.83. The molecule has 0 radical (unpaired) electrons. The van der Waals surface area contributed by atoms with Crippen LogP contribution in [0.25, 0.3) is 0 Å². The summed E-state index contributed by atoms with van der Waals surface area (Å²) in [4.78, 5) is 0. The molecule has 150 valence electrons. The first-order chi connectivity index (χ1) is 13.9. The number of hydrogen-bond acceptors (Lipinski definition) is 3. The fraction of sp³-hybridized carbons (Fsp3) is 0.182. The average molecular weight is 404 g/mol. The Kier molecular flexibility index (Phi) is 4.92. The van der Waals surface area contributed by atoms with Gasteiger partial charge in [0.2, 0.25) is 5.60 Å². The first-order valence-corrected chi connectivity index (χ1v) is 8.83. The summed E-state index contributed by atoms with van der Waals surface area (Å²) < 4.78 is 71.9. The number of rotatable bonds is 7. The highest BCUT2D eigenvalue weighted by Crippen LogP contribution is 2.52. The van der Waals surface area contributed by atoms with Gasteiger partial charge in [0.15, 0.2) is 0 Å². The third-order valence-electron chi connectivity index (χ3n) is 4.59. The number of epoxide rings is 1. The fourth-order valence-corrected chi connectivity index (χ4v) is 2.94. The summed E-state index contributed by atoms with van der Waals surface area (Å²) in [5, 5.41) is 0. The molecule has 3 nitrogen and oxygen atoms in total. The standard InChI is InChI=1S/C22H16F4O3/c23-16-6-11-19(20(24)12-16)21(14-28-21)22(25,26)29-18-9-7-17(8-10-18)27-13-15-4-2-1-3-5-15/h1-12H,13-14H2. The molecule has 4 rings (SSSR count). The van der Waals surface area contributed by atoms with E-state index >= 15 is 0 Å². The van der Waals surface area contributed by atoms with Gasteiger partial charge in [0, 0.05) is 11.6 Å². The van der Waals surface area contributed by atoms with E-state index in [0.717, 1.165) is 17.7 Å². The molecule has 1 aliphatic heterocycles. The third-order valence-corrected chi connectivity index (χ3v) is 4.59. The monoisotopic (exact) mass is 404 g/mol. The van der Waals surface area contributed by atoms with Gasteiger partial charge in [-0.25, -0.2) is 8.78 Å². The highest BCUT2D eigenvalue weighted by molar-refractivity contribution is 5.35. The van der Waals surface area contributed by atoms with E-state index in [1.54, 1.807) is 0 Å². The number of hydrogen-bond donors (Lipinski definition) is 0. The molecule has 3 aromatic rings. The van der Waals surface area contributed by atoms with Crippen molar-refractivity contribution in [3.05, 3.63) is 95.6 Å². The number of benzene rings is 3. The van der Waals surface area contributed by atoms with E-state index in [1.165, 1.54) is 24.3 Å². The Labute approximate surface area is 164 Å². The van der Waals surface area contributed by atoms with Crippen molar-refractivity contribution in [2.75, 3.05) is 6.61 Å². The van der Waals surface area contributed by atoms with Crippen LogP contribution in [0.1, 0.15) is 11.1 Å². The molecule has 29 heavy (non-hydrogen) atoms. The second kappa shape index (κ2) is 7.40. The van der Waals surface area contributed by atoms with Crippen LogP contribution >= 0.6 is 0 Å². The van der Waals surface area contributed by atoms with Gasteiger partial charge in [-0.15, -0.1) is 0 Å². The van der Waals surface area contributed by atoms with Crippen LogP contribution in [0.5, 0.6) is 11.5 Å². The van der Waals surface area contributed by atoms with Gasteiger partial charge < -0.3 is 14.2 Å². The molecule has 0 N–H and O–H groups in total. The summed E-state index contributed by atoms with van der Waals surface area (Å²) >= 11 is 0. The molecule has 0 aromatic heterocycles. The number of halogens is 4. The zero-order chi connectivity index (χ0) is 20.5. The van der Waals surface area contributed by atoms with Crippen LogP contribution in [-0.4, -0.2) is 12.7 Å².